The van der Waals surface area contributed by atoms with Gasteiger partial charge in [-0.25, -0.2) is 23.1 Å². The molecule has 5 heterocycles. The average molecular weight is 534 g/mol. The van der Waals surface area contributed by atoms with Gasteiger partial charge in [-0.15, -0.1) is 11.3 Å². The minimum Gasteiger partial charge on any atom is -0.298 e. The molecular formula is C23H25BrN4O2S2. The molecule has 168 valence electrons. The maximum atomic E-state index is 12.5. The number of benzene rings is 1. The molecule has 4 atom stereocenters. The molecule has 6 rings (SSSR count). The van der Waals surface area contributed by atoms with Gasteiger partial charge in [0.25, 0.3) is 0 Å². The van der Waals surface area contributed by atoms with E-state index in [-0.39, 0.29) is 6.04 Å². The largest absolute Gasteiger partial charge is 0.298 e. The Kier molecular flexibility index (Phi) is 6.19. The molecule has 0 amide bonds. The SMILES string of the molecule is Cc1nc(-c2ccccc2Br)cc([C@H]2CN3CC[C@H]2C[C@@H]3CNS(=O)(=O)c2cccs2)n1. The molecule has 2 bridgehead atoms. The van der Waals surface area contributed by atoms with Crippen molar-refractivity contribution in [1.29, 1.82) is 0 Å². The van der Waals surface area contributed by atoms with E-state index in [1.165, 1.54) is 11.3 Å². The highest BCUT2D eigenvalue weighted by Gasteiger charge is 2.41. The lowest BCUT2D eigenvalue weighted by Gasteiger charge is -2.49. The van der Waals surface area contributed by atoms with E-state index in [4.69, 9.17) is 4.98 Å². The number of hydrogen-bond donors (Lipinski definition) is 1. The quantitative estimate of drug-likeness (QED) is 0.508. The van der Waals surface area contributed by atoms with Gasteiger partial charge in [-0.2, -0.15) is 0 Å². The van der Waals surface area contributed by atoms with Gasteiger partial charge in [0.1, 0.15) is 10.0 Å². The molecule has 3 aromatic rings. The first-order chi connectivity index (χ1) is 15.4. The first-order valence-corrected chi connectivity index (χ1v) is 13.9. The second kappa shape index (κ2) is 8.95. The van der Waals surface area contributed by atoms with Crippen LogP contribution < -0.4 is 4.72 Å². The summed E-state index contributed by atoms with van der Waals surface area (Å²) >= 11 is 4.89. The molecule has 32 heavy (non-hydrogen) atoms. The van der Waals surface area contributed by atoms with E-state index in [1.54, 1.807) is 17.5 Å². The molecule has 1 unspecified atom stereocenters. The maximum Gasteiger partial charge on any atom is 0.250 e. The van der Waals surface area contributed by atoms with Gasteiger partial charge in [0.2, 0.25) is 10.0 Å². The Morgan fingerprint density at radius 2 is 2.06 bits per heavy atom. The number of thiophene rings is 1. The third-order valence-electron chi connectivity index (χ3n) is 6.53. The van der Waals surface area contributed by atoms with Crippen molar-refractivity contribution in [3.05, 3.63) is 63.8 Å². The van der Waals surface area contributed by atoms with Crippen molar-refractivity contribution in [1.82, 2.24) is 19.6 Å². The lowest BCUT2D eigenvalue weighted by molar-refractivity contribution is 0.0317. The number of nitrogens with one attached hydrogen (secondary N) is 1. The van der Waals surface area contributed by atoms with Crippen LogP contribution in [0.1, 0.15) is 30.3 Å². The normalized spacial score (nSPS) is 25.2. The average Bonchev–Trinajstić information content (AvgIpc) is 3.34. The molecule has 1 N–H and O–H groups in total. The van der Waals surface area contributed by atoms with Crippen LogP contribution in [-0.2, 0) is 10.0 Å². The Morgan fingerprint density at radius 1 is 1.22 bits per heavy atom. The summed E-state index contributed by atoms with van der Waals surface area (Å²) in [6, 6.07) is 13.9. The van der Waals surface area contributed by atoms with Crippen molar-refractivity contribution < 1.29 is 8.42 Å². The fourth-order valence-electron chi connectivity index (χ4n) is 4.97. The minimum absolute atomic E-state index is 0.227. The summed E-state index contributed by atoms with van der Waals surface area (Å²) in [7, 11) is -3.43. The van der Waals surface area contributed by atoms with Crippen LogP contribution in [0.25, 0.3) is 11.3 Å². The molecule has 3 aliphatic rings. The number of halogens is 1. The highest BCUT2D eigenvalue weighted by atomic mass is 79.9. The summed E-state index contributed by atoms with van der Waals surface area (Å²) in [5, 5.41) is 1.79. The number of rotatable bonds is 6. The van der Waals surface area contributed by atoms with Crippen LogP contribution in [-0.4, -0.2) is 49.0 Å². The minimum atomic E-state index is -3.43. The van der Waals surface area contributed by atoms with Crippen LogP contribution >= 0.6 is 27.3 Å². The van der Waals surface area contributed by atoms with Crippen molar-refractivity contribution in [2.45, 2.75) is 35.9 Å². The van der Waals surface area contributed by atoms with Crippen LogP contribution in [0.15, 0.2) is 56.5 Å². The van der Waals surface area contributed by atoms with Crippen LogP contribution in [0, 0.1) is 12.8 Å². The van der Waals surface area contributed by atoms with Crippen molar-refractivity contribution in [3.8, 4) is 11.3 Å². The van der Waals surface area contributed by atoms with Gasteiger partial charge in [0.15, 0.2) is 0 Å². The monoisotopic (exact) mass is 532 g/mol. The summed E-state index contributed by atoms with van der Waals surface area (Å²) in [5.41, 5.74) is 3.11. The van der Waals surface area contributed by atoms with Crippen molar-refractivity contribution in [2.24, 2.45) is 5.92 Å². The zero-order chi connectivity index (χ0) is 22.3. The number of fused-ring (bicyclic) bond motifs is 3. The Hall–Kier alpha value is -1.65. The van der Waals surface area contributed by atoms with Crippen LogP contribution in [0.2, 0.25) is 0 Å². The van der Waals surface area contributed by atoms with Gasteiger partial charge in [-0.05, 0) is 55.8 Å². The van der Waals surface area contributed by atoms with E-state index in [0.29, 0.717) is 22.6 Å². The van der Waals surface area contributed by atoms with E-state index in [9.17, 15) is 8.42 Å². The fourth-order valence-corrected chi connectivity index (χ4v) is 7.56. The van der Waals surface area contributed by atoms with Crippen LogP contribution in [0.4, 0.5) is 0 Å². The Balaban J connectivity index is 1.33. The van der Waals surface area contributed by atoms with E-state index in [0.717, 1.165) is 53.2 Å². The molecule has 0 saturated carbocycles. The molecule has 1 aromatic carbocycles. The molecule has 3 saturated heterocycles. The van der Waals surface area contributed by atoms with Crippen molar-refractivity contribution >= 4 is 37.3 Å². The maximum absolute atomic E-state index is 12.5. The number of sulfonamides is 1. The second-order valence-electron chi connectivity index (χ2n) is 8.53. The lowest BCUT2D eigenvalue weighted by Crippen LogP contribution is -2.56. The Morgan fingerprint density at radius 3 is 2.78 bits per heavy atom. The number of nitrogens with zero attached hydrogens (tertiary/aromatic N) is 3. The smallest absolute Gasteiger partial charge is 0.250 e. The summed E-state index contributed by atoms with van der Waals surface area (Å²) in [6.45, 7) is 4.32. The molecular weight excluding hydrogens is 508 g/mol. The van der Waals surface area contributed by atoms with E-state index in [2.05, 4.69) is 42.7 Å². The molecule has 2 aromatic heterocycles. The first-order valence-electron chi connectivity index (χ1n) is 10.8. The number of aryl methyl sites for hydroxylation is 1. The number of aromatic nitrogens is 2. The van der Waals surface area contributed by atoms with E-state index < -0.39 is 10.0 Å². The standard InChI is InChI=1S/C23H25BrN4O2S2/c1-15-26-21(18-5-2-3-6-20(18)24)12-22(27-15)19-14-28-9-8-16(19)11-17(28)13-25-32(29,30)23-7-4-10-31-23/h2-7,10,12,16-17,19,25H,8-9,11,13-14H2,1H3/t16-,17+,19-/m0/s1. The second-order valence-corrected chi connectivity index (χ2v) is 12.3. The Labute approximate surface area is 201 Å². The summed E-state index contributed by atoms with van der Waals surface area (Å²) < 4.78 is 29.3. The van der Waals surface area contributed by atoms with Gasteiger partial charge >= 0.3 is 0 Å². The third-order valence-corrected chi connectivity index (χ3v) is 10.0. The molecule has 6 nitrogen and oxygen atoms in total. The highest BCUT2D eigenvalue weighted by Crippen LogP contribution is 2.42. The third kappa shape index (κ3) is 4.41. The van der Waals surface area contributed by atoms with Crippen molar-refractivity contribution in [2.75, 3.05) is 19.6 Å². The van der Waals surface area contributed by atoms with Crippen LogP contribution in [0.3, 0.4) is 0 Å². The van der Waals surface area contributed by atoms with Crippen molar-refractivity contribution in [3.63, 3.8) is 0 Å². The predicted octanol–water partition coefficient (Wildman–Crippen LogP) is 4.43. The van der Waals surface area contributed by atoms with Gasteiger partial charge in [-0.3, -0.25) is 4.90 Å². The molecule has 0 aliphatic carbocycles. The molecule has 3 fully saturated rings. The highest BCUT2D eigenvalue weighted by molar-refractivity contribution is 9.10. The van der Waals surface area contributed by atoms with Gasteiger partial charge in [0, 0.05) is 40.8 Å². The van der Waals surface area contributed by atoms with Gasteiger partial charge in [0.05, 0.1) is 5.69 Å². The number of hydrogen-bond acceptors (Lipinski definition) is 6. The molecule has 3 aliphatic heterocycles. The van der Waals surface area contributed by atoms with Gasteiger partial charge in [-0.1, -0.05) is 40.2 Å². The zero-order valence-electron chi connectivity index (χ0n) is 17.7. The summed E-state index contributed by atoms with van der Waals surface area (Å²) in [6.07, 6.45) is 2.09. The first kappa shape index (κ1) is 22.2. The summed E-state index contributed by atoms with van der Waals surface area (Å²) in [4.78, 5) is 11.9. The van der Waals surface area contributed by atoms with E-state index >= 15 is 0 Å². The molecule has 0 spiro atoms. The topological polar surface area (TPSA) is 75.2 Å². The van der Waals surface area contributed by atoms with E-state index in [1.807, 2.05) is 25.1 Å². The zero-order valence-corrected chi connectivity index (χ0v) is 21.0. The lowest BCUT2D eigenvalue weighted by atomic mass is 9.74. The molecule has 0 radical (unpaired) electrons. The van der Waals surface area contributed by atoms with Gasteiger partial charge < -0.3 is 0 Å². The Bertz CT molecular complexity index is 1220. The van der Waals surface area contributed by atoms with Crippen LogP contribution in [0.5, 0.6) is 0 Å². The predicted molar refractivity (Wildman–Crippen MR) is 130 cm³/mol. The molecule has 9 heteroatoms. The summed E-state index contributed by atoms with van der Waals surface area (Å²) in [5.74, 6) is 1.62. The fraction of sp³-hybridized carbons (Fsp3) is 0.391. The number of piperidine rings is 3.